The number of esters is 1. The summed E-state index contributed by atoms with van der Waals surface area (Å²) in [5.41, 5.74) is 0.810. The highest BCUT2D eigenvalue weighted by atomic mass is 16.5. The smallest absolute Gasteiger partial charge is 0.331 e. The van der Waals surface area contributed by atoms with Gasteiger partial charge in [0.15, 0.2) is 6.04 Å². The predicted molar refractivity (Wildman–Crippen MR) is 71.4 cm³/mol. The average Bonchev–Trinajstić information content (AvgIpc) is 2.98. The fraction of sp³-hybridized carbons (Fsp3) is 0.500. The normalized spacial score (nSPS) is 19.8. The quantitative estimate of drug-likeness (QED) is 0.823. The summed E-state index contributed by atoms with van der Waals surface area (Å²) in [4.78, 5) is 11.9. The minimum Gasteiger partial charge on any atom is -0.497 e. The number of nitrogens with one attached hydrogen (secondary N) is 1. The second-order valence-corrected chi connectivity index (χ2v) is 4.43. The van der Waals surface area contributed by atoms with Crippen molar-refractivity contribution in [3.05, 3.63) is 24.3 Å². The molecule has 2 unspecified atom stereocenters. The Hall–Kier alpha value is -1.75. The lowest BCUT2D eigenvalue weighted by molar-refractivity contribution is -0.144. The van der Waals surface area contributed by atoms with E-state index < -0.39 is 6.04 Å². The van der Waals surface area contributed by atoms with E-state index in [9.17, 15) is 4.79 Å². The van der Waals surface area contributed by atoms with Crippen molar-refractivity contribution in [2.24, 2.45) is 0 Å². The number of anilines is 1. The van der Waals surface area contributed by atoms with Gasteiger partial charge in [-0.3, -0.25) is 0 Å². The minimum atomic E-state index is -0.486. The van der Waals surface area contributed by atoms with Gasteiger partial charge in [-0.2, -0.15) is 0 Å². The Morgan fingerprint density at radius 2 is 2.32 bits per heavy atom. The highest BCUT2D eigenvalue weighted by Gasteiger charge is 2.32. The highest BCUT2D eigenvalue weighted by molar-refractivity contribution is 5.80. The molecule has 2 rings (SSSR count). The van der Waals surface area contributed by atoms with E-state index in [1.807, 2.05) is 24.3 Å². The van der Waals surface area contributed by atoms with Crippen LogP contribution < -0.4 is 10.1 Å². The van der Waals surface area contributed by atoms with Crippen LogP contribution in [0.4, 0.5) is 5.69 Å². The van der Waals surface area contributed by atoms with Crippen LogP contribution in [0.25, 0.3) is 0 Å². The summed E-state index contributed by atoms with van der Waals surface area (Å²) >= 11 is 0. The van der Waals surface area contributed by atoms with Gasteiger partial charge < -0.3 is 19.5 Å². The van der Waals surface area contributed by atoms with E-state index in [0.29, 0.717) is 6.61 Å². The van der Waals surface area contributed by atoms with Gasteiger partial charge in [-0.1, -0.05) is 6.07 Å². The lowest BCUT2D eigenvalue weighted by atomic mass is 10.1. The Kier molecular flexibility index (Phi) is 4.63. The van der Waals surface area contributed by atoms with Crippen LogP contribution in [-0.4, -0.2) is 38.9 Å². The molecule has 2 atom stereocenters. The van der Waals surface area contributed by atoms with E-state index in [0.717, 1.165) is 24.3 Å². The first-order valence-corrected chi connectivity index (χ1v) is 6.34. The molecule has 0 bridgehead atoms. The van der Waals surface area contributed by atoms with Crippen LogP contribution in [-0.2, 0) is 14.3 Å². The summed E-state index contributed by atoms with van der Waals surface area (Å²) in [5, 5.41) is 3.17. The Labute approximate surface area is 112 Å². The Morgan fingerprint density at radius 1 is 1.47 bits per heavy atom. The summed E-state index contributed by atoms with van der Waals surface area (Å²) in [6, 6.07) is 6.95. The molecule has 1 N–H and O–H groups in total. The van der Waals surface area contributed by atoms with Crippen molar-refractivity contribution >= 4 is 11.7 Å². The molecule has 0 aromatic heterocycles. The largest absolute Gasteiger partial charge is 0.497 e. The molecule has 19 heavy (non-hydrogen) atoms. The second kappa shape index (κ2) is 6.43. The number of rotatable bonds is 5. The highest BCUT2D eigenvalue weighted by Crippen LogP contribution is 2.22. The standard InChI is InChI=1S/C14H19NO4/c1-17-11-6-3-5-10(9-11)15-13(14(16)18-2)12-7-4-8-19-12/h3,5-6,9,12-13,15H,4,7-8H2,1-2H3. The maximum atomic E-state index is 11.9. The van der Waals surface area contributed by atoms with Crippen LogP contribution in [0.3, 0.4) is 0 Å². The van der Waals surface area contributed by atoms with E-state index in [1.165, 1.54) is 7.11 Å². The Bertz CT molecular complexity index is 429. The SMILES string of the molecule is COC(=O)C(Nc1cccc(OC)c1)C1CCCO1. The molecule has 1 saturated heterocycles. The summed E-state index contributed by atoms with van der Waals surface area (Å²) in [6.07, 6.45) is 1.69. The van der Waals surface area contributed by atoms with Gasteiger partial charge >= 0.3 is 5.97 Å². The third kappa shape index (κ3) is 3.38. The van der Waals surface area contributed by atoms with Gasteiger partial charge in [-0.05, 0) is 25.0 Å². The van der Waals surface area contributed by atoms with Gasteiger partial charge in [-0.25, -0.2) is 4.79 Å². The predicted octanol–water partition coefficient (Wildman–Crippen LogP) is 1.83. The van der Waals surface area contributed by atoms with Crippen LogP contribution in [0.2, 0.25) is 0 Å². The molecule has 1 heterocycles. The van der Waals surface area contributed by atoms with Crippen LogP contribution >= 0.6 is 0 Å². The van der Waals surface area contributed by atoms with Crippen molar-refractivity contribution in [1.29, 1.82) is 0 Å². The van der Waals surface area contributed by atoms with Crippen LogP contribution in [0, 0.1) is 0 Å². The topological polar surface area (TPSA) is 56.8 Å². The van der Waals surface area contributed by atoms with E-state index in [2.05, 4.69) is 5.32 Å². The fourth-order valence-electron chi connectivity index (χ4n) is 2.19. The molecule has 0 aliphatic carbocycles. The first-order chi connectivity index (χ1) is 9.24. The average molecular weight is 265 g/mol. The molecule has 104 valence electrons. The molecular weight excluding hydrogens is 246 g/mol. The van der Waals surface area contributed by atoms with Crippen LogP contribution in [0.1, 0.15) is 12.8 Å². The zero-order valence-corrected chi connectivity index (χ0v) is 11.2. The zero-order valence-electron chi connectivity index (χ0n) is 11.2. The van der Waals surface area contributed by atoms with Crippen molar-refractivity contribution in [2.45, 2.75) is 25.0 Å². The number of hydrogen-bond acceptors (Lipinski definition) is 5. The Morgan fingerprint density at radius 3 is 2.95 bits per heavy atom. The van der Waals surface area contributed by atoms with Crippen molar-refractivity contribution in [3.63, 3.8) is 0 Å². The number of benzene rings is 1. The third-order valence-corrected chi connectivity index (χ3v) is 3.18. The monoisotopic (exact) mass is 265 g/mol. The molecule has 5 nitrogen and oxygen atoms in total. The molecule has 0 radical (unpaired) electrons. The van der Waals surface area contributed by atoms with E-state index in [-0.39, 0.29) is 12.1 Å². The Balaban J connectivity index is 2.12. The number of hydrogen-bond donors (Lipinski definition) is 1. The molecule has 1 aromatic carbocycles. The van der Waals surface area contributed by atoms with E-state index >= 15 is 0 Å². The number of carbonyl (C=O) groups is 1. The maximum Gasteiger partial charge on any atom is 0.331 e. The molecule has 5 heteroatoms. The lowest BCUT2D eigenvalue weighted by Gasteiger charge is -2.23. The van der Waals surface area contributed by atoms with Crippen molar-refractivity contribution in [2.75, 3.05) is 26.1 Å². The fourth-order valence-corrected chi connectivity index (χ4v) is 2.19. The molecule has 0 saturated carbocycles. The molecule has 1 fully saturated rings. The van der Waals surface area contributed by atoms with Crippen molar-refractivity contribution in [1.82, 2.24) is 0 Å². The molecule has 1 aromatic rings. The van der Waals surface area contributed by atoms with Crippen molar-refractivity contribution < 1.29 is 19.0 Å². The molecule has 1 aliphatic rings. The summed E-state index contributed by atoms with van der Waals surface area (Å²) in [7, 11) is 2.99. The number of carbonyl (C=O) groups excluding carboxylic acids is 1. The zero-order chi connectivity index (χ0) is 13.7. The van der Waals surface area contributed by atoms with E-state index in [4.69, 9.17) is 14.2 Å². The molecular formula is C14H19NO4. The van der Waals surface area contributed by atoms with Gasteiger partial charge in [0, 0.05) is 18.4 Å². The van der Waals surface area contributed by atoms with Gasteiger partial charge in [0.05, 0.1) is 20.3 Å². The summed E-state index contributed by atoms with van der Waals surface area (Å²) in [6.45, 7) is 0.692. The third-order valence-electron chi connectivity index (χ3n) is 3.18. The maximum absolute atomic E-state index is 11.9. The van der Waals surface area contributed by atoms with Gasteiger partial charge in [0.2, 0.25) is 0 Å². The van der Waals surface area contributed by atoms with Gasteiger partial charge in [0.25, 0.3) is 0 Å². The van der Waals surface area contributed by atoms with E-state index in [1.54, 1.807) is 7.11 Å². The van der Waals surface area contributed by atoms with Crippen LogP contribution in [0.5, 0.6) is 5.75 Å². The van der Waals surface area contributed by atoms with Gasteiger partial charge in [-0.15, -0.1) is 0 Å². The molecule has 1 aliphatic heterocycles. The van der Waals surface area contributed by atoms with Crippen LogP contribution in [0.15, 0.2) is 24.3 Å². The van der Waals surface area contributed by atoms with Gasteiger partial charge in [0.1, 0.15) is 5.75 Å². The second-order valence-electron chi connectivity index (χ2n) is 4.43. The lowest BCUT2D eigenvalue weighted by Crippen LogP contribution is -2.41. The van der Waals surface area contributed by atoms with Crippen molar-refractivity contribution in [3.8, 4) is 5.75 Å². The molecule has 0 amide bonds. The minimum absolute atomic E-state index is 0.140. The number of ether oxygens (including phenoxy) is 3. The summed E-state index contributed by atoms with van der Waals surface area (Å²) in [5.74, 6) is 0.427. The summed E-state index contributed by atoms with van der Waals surface area (Å²) < 4.78 is 15.6. The molecule has 0 spiro atoms. The first kappa shape index (κ1) is 13.7. The number of methoxy groups -OCH3 is 2. The first-order valence-electron chi connectivity index (χ1n) is 6.34.